The highest BCUT2D eigenvalue weighted by Crippen LogP contribution is 2.41. The number of thiophene rings is 1. The van der Waals surface area contributed by atoms with Crippen LogP contribution in [0.4, 0.5) is 10.3 Å². The van der Waals surface area contributed by atoms with Gasteiger partial charge >= 0.3 is 5.97 Å². The summed E-state index contributed by atoms with van der Waals surface area (Å²) in [4.78, 5) is 18.1. The molecular weight excluding hydrogens is 341 g/mol. The number of benzene rings is 1. The summed E-state index contributed by atoms with van der Waals surface area (Å²) in [5.74, 6) is -0.136. The second-order valence-corrected chi connectivity index (χ2v) is 6.72. The van der Waals surface area contributed by atoms with Crippen LogP contribution < -0.4 is 5.32 Å². The molecule has 1 N–H and O–H groups in total. The molecule has 0 saturated heterocycles. The molecule has 0 bridgehead atoms. The zero-order chi connectivity index (χ0) is 17.6. The molecule has 2 aromatic heterocycles. The number of carbonyl (C=O) groups excluding carboxylic acids is 1. The molecule has 0 fully saturated rings. The van der Waals surface area contributed by atoms with Crippen LogP contribution in [0, 0.1) is 5.82 Å². The van der Waals surface area contributed by atoms with E-state index in [0.29, 0.717) is 34.9 Å². The molecule has 1 unspecified atom stereocenters. The van der Waals surface area contributed by atoms with E-state index in [2.05, 4.69) is 10.3 Å². The summed E-state index contributed by atoms with van der Waals surface area (Å²) >= 11 is 1.54. The zero-order valence-corrected chi connectivity index (χ0v) is 14.6. The summed E-state index contributed by atoms with van der Waals surface area (Å²) < 4.78 is 21.0. The molecule has 128 valence electrons. The largest absolute Gasteiger partial charge is 0.463 e. The second-order valence-electron chi connectivity index (χ2n) is 5.74. The van der Waals surface area contributed by atoms with E-state index in [-0.39, 0.29) is 11.8 Å². The lowest BCUT2D eigenvalue weighted by molar-refractivity contribution is -0.139. The second kappa shape index (κ2) is 6.00. The predicted octanol–water partition coefficient (Wildman–Crippen LogP) is 4.09. The fraction of sp³-hybridized carbons (Fsp3) is 0.222. The number of aromatic nitrogens is 2. The number of nitrogens with one attached hydrogen (secondary N) is 1. The number of hydrogen-bond donors (Lipinski definition) is 1. The number of rotatable bonds is 3. The Balaban J connectivity index is 1.98. The molecule has 0 radical (unpaired) electrons. The number of fused-ring (bicyclic) bond motifs is 3. The SMILES string of the molecule is CCOC(=O)C1=C(C)Nc2nc3ccc(F)cc3n2C1c1cccs1. The van der Waals surface area contributed by atoms with Crippen LogP contribution in [0.3, 0.4) is 0 Å². The van der Waals surface area contributed by atoms with Gasteiger partial charge in [-0.15, -0.1) is 11.3 Å². The lowest BCUT2D eigenvalue weighted by Gasteiger charge is -2.29. The van der Waals surface area contributed by atoms with Crippen LogP contribution in [0.1, 0.15) is 24.8 Å². The number of anilines is 1. The summed E-state index contributed by atoms with van der Waals surface area (Å²) in [7, 11) is 0. The number of esters is 1. The van der Waals surface area contributed by atoms with Gasteiger partial charge in [-0.05, 0) is 43.5 Å². The van der Waals surface area contributed by atoms with Crippen molar-refractivity contribution in [2.45, 2.75) is 19.9 Å². The highest BCUT2D eigenvalue weighted by atomic mass is 32.1. The van der Waals surface area contributed by atoms with Gasteiger partial charge in [-0.1, -0.05) is 6.07 Å². The van der Waals surface area contributed by atoms with Crippen LogP contribution in [0.2, 0.25) is 0 Å². The maximum absolute atomic E-state index is 13.8. The fourth-order valence-corrected chi connectivity index (χ4v) is 4.00. The van der Waals surface area contributed by atoms with Crippen LogP contribution >= 0.6 is 11.3 Å². The number of hydrogen-bond acceptors (Lipinski definition) is 5. The molecule has 1 aliphatic heterocycles. The Hall–Kier alpha value is -2.67. The average molecular weight is 357 g/mol. The highest BCUT2D eigenvalue weighted by molar-refractivity contribution is 7.10. The minimum absolute atomic E-state index is 0.291. The van der Waals surface area contributed by atoms with Crippen LogP contribution in [0.15, 0.2) is 47.0 Å². The molecule has 0 aliphatic carbocycles. The van der Waals surface area contributed by atoms with E-state index in [1.54, 1.807) is 13.0 Å². The van der Waals surface area contributed by atoms with Crippen molar-refractivity contribution in [3.8, 4) is 0 Å². The van der Waals surface area contributed by atoms with Gasteiger partial charge in [-0.2, -0.15) is 0 Å². The first-order valence-electron chi connectivity index (χ1n) is 7.96. The van der Waals surface area contributed by atoms with Crippen LogP contribution in [0.25, 0.3) is 11.0 Å². The quantitative estimate of drug-likeness (QED) is 0.718. The molecule has 4 rings (SSSR count). The maximum atomic E-state index is 13.8. The Kier molecular flexibility index (Phi) is 3.80. The monoisotopic (exact) mass is 357 g/mol. The van der Waals surface area contributed by atoms with E-state index in [1.165, 1.54) is 23.5 Å². The Morgan fingerprint density at radius 3 is 3.00 bits per heavy atom. The molecular formula is C18H16FN3O2S. The van der Waals surface area contributed by atoms with Crippen molar-refractivity contribution < 1.29 is 13.9 Å². The third-order valence-electron chi connectivity index (χ3n) is 4.19. The molecule has 0 spiro atoms. The van der Waals surface area contributed by atoms with Crippen molar-refractivity contribution in [1.29, 1.82) is 0 Å². The average Bonchev–Trinajstić information content (AvgIpc) is 3.21. The predicted molar refractivity (Wildman–Crippen MR) is 95.1 cm³/mol. The molecule has 3 aromatic rings. The molecule has 0 saturated carbocycles. The Morgan fingerprint density at radius 2 is 2.28 bits per heavy atom. The molecule has 7 heteroatoms. The van der Waals surface area contributed by atoms with Gasteiger partial charge in [0.15, 0.2) is 0 Å². The van der Waals surface area contributed by atoms with Crippen molar-refractivity contribution in [3.63, 3.8) is 0 Å². The van der Waals surface area contributed by atoms with E-state index >= 15 is 0 Å². The normalized spacial score (nSPS) is 16.7. The molecule has 0 amide bonds. The summed E-state index contributed by atoms with van der Waals surface area (Å²) in [6.45, 7) is 3.90. The van der Waals surface area contributed by atoms with Gasteiger partial charge < -0.3 is 10.1 Å². The van der Waals surface area contributed by atoms with Crippen molar-refractivity contribution in [2.24, 2.45) is 0 Å². The van der Waals surface area contributed by atoms with E-state index in [4.69, 9.17) is 4.74 Å². The van der Waals surface area contributed by atoms with E-state index in [0.717, 1.165) is 4.88 Å². The number of ether oxygens (including phenoxy) is 1. The smallest absolute Gasteiger partial charge is 0.338 e. The van der Waals surface area contributed by atoms with Crippen molar-refractivity contribution >= 4 is 34.3 Å². The lowest BCUT2D eigenvalue weighted by Crippen LogP contribution is -2.28. The number of allylic oxidation sites excluding steroid dienone is 1. The molecule has 1 aromatic carbocycles. The van der Waals surface area contributed by atoms with Gasteiger partial charge in [0.2, 0.25) is 5.95 Å². The minimum atomic E-state index is -0.401. The van der Waals surface area contributed by atoms with Crippen molar-refractivity contribution in [2.75, 3.05) is 11.9 Å². The Bertz CT molecular complexity index is 991. The van der Waals surface area contributed by atoms with E-state index in [1.807, 2.05) is 29.0 Å². The third kappa shape index (κ3) is 2.51. The van der Waals surface area contributed by atoms with Gasteiger partial charge in [0.1, 0.15) is 11.9 Å². The van der Waals surface area contributed by atoms with Gasteiger partial charge in [-0.25, -0.2) is 14.2 Å². The Labute approximate surface area is 147 Å². The zero-order valence-electron chi connectivity index (χ0n) is 13.7. The number of nitrogens with zero attached hydrogens (tertiary/aromatic N) is 2. The molecule has 1 atom stereocenters. The van der Waals surface area contributed by atoms with Crippen LogP contribution in [-0.2, 0) is 9.53 Å². The van der Waals surface area contributed by atoms with Gasteiger partial charge in [-0.3, -0.25) is 4.57 Å². The summed E-state index contributed by atoms with van der Waals surface area (Å²) in [6, 6.07) is 7.96. The molecule has 5 nitrogen and oxygen atoms in total. The summed E-state index contributed by atoms with van der Waals surface area (Å²) in [6.07, 6.45) is 0. The number of carbonyl (C=O) groups is 1. The highest BCUT2D eigenvalue weighted by Gasteiger charge is 2.35. The first-order valence-corrected chi connectivity index (χ1v) is 8.84. The first kappa shape index (κ1) is 15.8. The van der Waals surface area contributed by atoms with Gasteiger partial charge in [0.25, 0.3) is 0 Å². The van der Waals surface area contributed by atoms with Gasteiger partial charge in [0.05, 0.1) is 23.2 Å². The van der Waals surface area contributed by atoms with E-state index in [9.17, 15) is 9.18 Å². The summed E-state index contributed by atoms with van der Waals surface area (Å²) in [5.41, 5.74) is 2.51. The van der Waals surface area contributed by atoms with Gasteiger partial charge in [0, 0.05) is 10.6 Å². The number of imidazole rings is 1. The van der Waals surface area contributed by atoms with Crippen LogP contribution in [-0.4, -0.2) is 22.1 Å². The minimum Gasteiger partial charge on any atom is -0.463 e. The van der Waals surface area contributed by atoms with Crippen molar-refractivity contribution in [3.05, 3.63) is 57.7 Å². The molecule has 1 aliphatic rings. The first-order chi connectivity index (χ1) is 12.1. The molecule has 25 heavy (non-hydrogen) atoms. The van der Waals surface area contributed by atoms with Crippen LogP contribution in [0.5, 0.6) is 0 Å². The fourth-order valence-electron chi connectivity index (χ4n) is 3.17. The topological polar surface area (TPSA) is 56.1 Å². The standard InChI is InChI=1S/C18H16FN3O2S/c1-3-24-17(23)15-10(2)20-18-21-12-7-6-11(19)9-13(12)22(18)16(15)14-5-4-8-25-14/h4-9,16H,3H2,1-2H3,(H,20,21). The van der Waals surface area contributed by atoms with E-state index < -0.39 is 6.04 Å². The molecule has 3 heterocycles. The maximum Gasteiger partial charge on any atom is 0.338 e. The third-order valence-corrected chi connectivity index (χ3v) is 5.12. The summed E-state index contributed by atoms with van der Waals surface area (Å²) in [5, 5.41) is 5.12. The Morgan fingerprint density at radius 1 is 1.44 bits per heavy atom. The number of halogens is 1. The van der Waals surface area contributed by atoms with Crippen molar-refractivity contribution in [1.82, 2.24) is 9.55 Å². The lowest BCUT2D eigenvalue weighted by atomic mass is 10.0.